The van der Waals surface area contributed by atoms with E-state index in [1.807, 2.05) is 135 Å². The molecule has 67 heavy (non-hydrogen) atoms. The second-order valence-electron chi connectivity index (χ2n) is 17.8. The van der Waals surface area contributed by atoms with Crippen molar-refractivity contribution in [3.8, 4) is 45.3 Å². The largest absolute Gasteiger partial charge is 0.490 e. The van der Waals surface area contributed by atoms with E-state index in [0.717, 1.165) is 44.5 Å². The summed E-state index contributed by atoms with van der Waals surface area (Å²) in [6.07, 6.45) is -2.02. The number of carbonyl (C=O) groups is 2. The van der Waals surface area contributed by atoms with Gasteiger partial charge in [0.15, 0.2) is 0 Å². The van der Waals surface area contributed by atoms with Crippen molar-refractivity contribution in [3.05, 3.63) is 180 Å². The van der Waals surface area contributed by atoms with E-state index < -0.39 is 44.3 Å². The summed E-state index contributed by atoms with van der Waals surface area (Å²) in [4.78, 5) is 25.7. The van der Waals surface area contributed by atoms with Gasteiger partial charge in [0, 0.05) is 27.7 Å². The van der Waals surface area contributed by atoms with Crippen molar-refractivity contribution in [3.63, 3.8) is 0 Å². The highest BCUT2D eigenvalue weighted by atomic mass is 31.2. The molecular weight excluding hydrogens is 883 g/mol. The number of esters is 2. The van der Waals surface area contributed by atoms with E-state index >= 15 is 0 Å². The van der Waals surface area contributed by atoms with Crippen LogP contribution in [0.4, 0.5) is 0 Å². The fourth-order valence-electron chi connectivity index (χ4n) is 8.31. The zero-order valence-electron chi connectivity index (χ0n) is 38.6. The third-order valence-corrected chi connectivity index (χ3v) is 17.0. The van der Waals surface area contributed by atoms with Crippen LogP contribution in [0.25, 0.3) is 22.3 Å². The first-order valence-corrected chi connectivity index (χ1v) is 25.7. The first-order valence-electron chi connectivity index (χ1n) is 22.1. The molecule has 2 aliphatic rings. The van der Waals surface area contributed by atoms with Gasteiger partial charge in [0.25, 0.3) is 14.7 Å². The summed E-state index contributed by atoms with van der Waals surface area (Å²) in [5, 5.41) is 1.15. The summed E-state index contributed by atoms with van der Waals surface area (Å²) in [7, 11) is -7.15. The second kappa shape index (κ2) is 18.9. The Labute approximate surface area is 392 Å². The SMILES string of the molecule is C=C(C)C(=O)OC(COc1ccc(C(C)(C)c2ccc(OCC(CP3(=O)Oc4ccccc4-c4ccc(C)cc43)OC(=O)C(=C)C)cc2)cc1)CP1(=O)Oc2ccc(C)cc2-c2ccccc21. The van der Waals surface area contributed by atoms with E-state index in [9.17, 15) is 18.7 Å². The number of para-hydroxylation sites is 1. The number of hydrogen-bond donors (Lipinski definition) is 0. The molecule has 6 aromatic carbocycles. The molecule has 8 rings (SSSR count). The number of carbonyl (C=O) groups excluding carboxylic acids is 2. The Balaban J connectivity index is 0.939. The second-order valence-corrected chi connectivity index (χ2v) is 22.6. The molecule has 2 aliphatic heterocycles. The summed E-state index contributed by atoms with van der Waals surface area (Å²) >= 11 is 0. The van der Waals surface area contributed by atoms with Gasteiger partial charge in [-0.15, -0.1) is 0 Å². The van der Waals surface area contributed by atoms with E-state index in [1.165, 1.54) is 0 Å². The van der Waals surface area contributed by atoms with E-state index in [0.29, 0.717) is 33.6 Å². The molecule has 2 heterocycles. The molecule has 344 valence electrons. The van der Waals surface area contributed by atoms with Gasteiger partial charge in [-0.25, -0.2) is 9.59 Å². The van der Waals surface area contributed by atoms with Crippen LogP contribution in [0.1, 0.15) is 49.9 Å². The molecule has 12 heteroatoms. The highest BCUT2D eigenvalue weighted by Crippen LogP contribution is 2.56. The monoisotopic (exact) mass is 936 g/mol. The van der Waals surface area contributed by atoms with E-state index in [2.05, 4.69) is 27.0 Å². The Morgan fingerprint density at radius 1 is 0.552 bits per heavy atom. The topological polar surface area (TPSA) is 124 Å². The van der Waals surface area contributed by atoms with Crippen LogP contribution in [0.15, 0.2) is 158 Å². The van der Waals surface area contributed by atoms with Crippen molar-refractivity contribution in [2.45, 2.75) is 59.2 Å². The molecule has 0 bridgehead atoms. The molecule has 0 N–H and O–H groups in total. The van der Waals surface area contributed by atoms with Crippen molar-refractivity contribution in [2.24, 2.45) is 0 Å². The van der Waals surface area contributed by atoms with Crippen molar-refractivity contribution in [1.29, 1.82) is 0 Å². The first-order chi connectivity index (χ1) is 31.9. The van der Waals surface area contributed by atoms with E-state index in [1.54, 1.807) is 26.0 Å². The average Bonchev–Trinajstić information content (AvgIpc) is 3.30. The number of benzene rings is 6. The lowest BCUT2D eigenvalue weighted by atomic mass is 9.78. The van der Waals surface area contributed by atoms with Gasteiger partial charge < -0.3 is 28.0 Å². The Kier molecular flexibility index (Phi) is 13.3. The summed E-state index contributed by atoms with van der Waals surface area (Å²) in [6, 6.07) is 41.8. The standard InChI is InChI=1S/C55H54O10P2/c1-35(2)53(56)62-43(33-66(58)51-16-12-10-14-46(51)48-29-37(5)18-28-50(48)65-66)31-60-41-23-19-39(20-24-41)55(7,8)40-21-25-42(26-22-40)61-32-44(63-54(57)36(3)4)34-67(59)52-30-38(6)17-27-47(52)45-13-9-11-15-49(45)64-67/h9-30,43-44H,1,3,31-34H2,2,4-8H3. The van der Waals surface area contributed by atoms with Crippen LogP contribution in [-0.2, 0) is 33.6 Å². The Morgan fingerprint density at radius 2 is 1.00 bits per heavy atom. The lowest BCUT2D eigenvalue weighted by molar-refractivity contribution is -0.145. The molecule has 10 nitrogen and oxygen atoms in total. The molecule has 0 saturated carbocycles. The maximum atomic E-state index is 14.8. The molecule has 0 aliphatic carbocycles. The minimum absolute atomic E-state index is 0.0712. The van der Waals surface area contributed by atoms with Crippen LogP contribution >= 0.6 is 14.7 Å². The molecule has 0 aromatic heterocycles. The first kappa shape index (κ1) is 46.9. The molecule has 0 saturated heterocycles. The van der Waals surface area contributed by atoms with Crippen LogP contribution in [-0.4, -0.2) is 49.7 Å². The highest BCUT2D eigenvalue weighted by Gasteiger charge is 2.41. The number of aryl methyl sites for hydroxylation is 2. The van der Waals surface area contributed by atoms with Gasteiger partial charge in [0.2, 0.25) is 0 Å². The van der Waals surface area contributed by atoms with Crippen LogP contribution < -0.4 is 29.1 Å². The molecule has 0 fully saturated rings. The minimum Gasteiger partial charge on any atom is -0.490 e. The predicted octanol–water partition coefficient (Wildman–Crippen LogP) is 11.7. The summed E-state index contributed by atoms with van der Waals surface area (Å²) in [5.41, 5.74) is 7.34. The Hall–Kier alpha value is -6.60. The highest BCUT2D eigenvalue weighted by molar-refractivity contribution is 7.68. The quantitative estimate of drug-likeness (QED) is 0.0526. The van der Waals surface area contributed by atoms with Gasteiger partial charge in [-0.1, -0.05) is 117 Å². The fraction of sp³-hybridized carbons (Fsp3) is 0.236. The van der Waals surface area contributed by atoms with Crippen molar-refractivity contribution < 1.29 is 46.7 Å². The third-order valence-electron chi connectivity index (χ3n) is 12.0. The zero-order valence-corrected chi connectivity index (χ0v) is 40.4. The van der Waals surface area contributed by atoms with Gasteiger partial charge in [0.05, 0.1) is 22.9 Å². The summed E-state index contributed by atoms with van der Waals surface area (Å²) in [6.45, 7) is 18.6. The molecule has 4 unspecified atom stereocenters. The van der Waals surface area contributed by atoms with Gasteiger partial charge in [0.1, 0.15) is 48.4 Å². The van der Waals surface area contributed by atoms with Crippen LogP contribution in [0.3, 0.4) is 0 Å². The van der Waals surface area contributed by atoms with Gasteiger partial charge >= 0.3 is 11.9 Å². The van der Waals surface area contributed by atoms with Crippen molar-refractivity contribution in [2.75, 3.05) is 25.5 Å². The van der Waals surface area contributed by atoms with E-state index in [4.69, 9.17) is 28.0 Å². The number of hydrogen-bond acceptors (Lipinski definition) is 10. The van der Waals surface area contributed by atoms with Crippen LogP contribution in [0.5, 0.6) is 23.0 Å². The molecule has 0 amide bonds. The van der Waals surface area contributed by atoms with Gasteiger partial charge in [-0.05, 0) is 105 Å². The van der Waals surface area contributed by atoms with Crippen LogP contribution in [0, 0.1) is 13.8 Å². The minimum atomic E-state index is -3.58. The summed E-state index contributed by atoms with van der Waals surface area (Å²) < 4.78 is 66.2. The molecule has 6 aromatic rings. The lowest BCUT2D eigenvalue weighted by Gasteiger charge is -2.31. The number of fused-ring (bicyclic) bond motifs is 6. The number of rotatable bonds is 16. The number of ether oxygens (including phenoxy) is 4. The average molecular weight is 937 g/mol. The smallest absolute Gasteiger partial charge is 0.333 e. The fourth-order valence-corrected chi connectivity index (χ4v) is 13.3. The molecule has 0 radical (unpaired) electrons. The van der Waals surface area contributed by atoms with Gasteiger partial charge in [-0.2, -0.15) is 0 Å². The lowest BCUT2D eigenvalue weighted by Crippen LogP contribution is -2.33. The molecule has 0 spiro atoms. The van der Waals surface area contributed by atoms with Crippen LogP contribution in [0.2, 0.25) is 0 Å². The van der Waals surface area contributed by atoms with E-state index in [-0.39, 0.29) is 36.7 Å². The van der Waals surface area contributed by atoms with Gasteiger partial charge in [-0.3, -0.25) is 9.13 Å². The zero-order chi connectivity index (χ0) is 47.7. The predicted molar refractivity (Wildman–Crippen MR) is 264 cm³/mol. The maximum absolute atomic E-state index is 14.8. The Bertz CT molecular complexity index is 2990. The van der Waals surface area contributed by atoms with Crippen molar-refractivity contribution >= 4 is 37.3 Å². The summed E-state index contributed by atoms with van der Waals surface area (Å²) in [5.74, 6) is 0.879. The molecular formula is C55H54O10P2. The normalized spacial score (nSPS) is 17.6. The third kappa shape index (κ3) is 10.1. The Morgan fingerprint density at radius 3 is 1.55 bits per heavy atom. The molecule has 4 atom stereocenters. The maximum Gasteiger partial charge on any atom is 0.333 e. The van der Waals surface area contributed by atoms with Crippen molar-refractivity contribution in [1.82, 2.24) is 0 Å².